The van der Waals surface area contributed by atoms with E-state index in [0.717, 1.165) is 11.1 Å². The molecule has 5 nitrogen and oxygen atoms in total. The number of hydrogen-bond acceptors (Lipinski definition) is 4. The molecule has 5 heteroatoms. The summed E-state index contributed by atoms with van der Waals surface area (Å²) in [6.07, 6.45) is 8.86. The van der Waals surface area contributed by atoms with Crippen molar-refractivity contribution in [3.63, 3.8) is 0 Å². The van der Waals surface area contributed by atoms with Crippen molar-refractivity contribution in [1.82, 2.24) is 10.2 Å². The van der Waals surface area contributed by atoms with Gasteiger partial charge < -0.3 is 10.2 Å². The monoisotopic (exact) mass is 283 g/mol. The zero-order valence-corrected chi connectivity index (χ0v) is 11.6. The molecule has 1 aliphatic rings. The van der Waals surface area contributed by atoms with E-state index >= 15 is 0 Å². The Bertz CT molecular complexity index is 560. The first-order valence-electron chi connectivity index (χ1n) is 6.73. The summed E-state index contributed by atoms with van der Waals surface area (Å²) in [5.41, 5.74) is 1.83. The molecule has 0 aliphatic carbocycles. The van der Waals surface area contributed by atoms with Gasteiger partial charge in [0.2, 0.25) is 5.91 Å². The zero-order chi connectivity index (χ0) is 14.9. The van der Waals surface area contributed by atoms with E-state index in [9.17, 15) is 9.70 Å². The van der Waals surface area contributed by atoms with E-state index < -0.39 is 0 Å². The van der Waals surface area contributed by atoms with Crippen LogP contribution in [0.3, 0.4) is 0 Å². The van der Waals surface area contributed by atoms with Gasteiger partial charge in [0.25, 0.3) is 0 Å². The molecule has 0 aromatic heterocycles. The van der Waals surface area contributed by atoms with E-state index in [0.29, 0.717) is 19.5 Å². The van der Waals surface area contributed by atoms with Crippen LogP contribution in [0.4, 0.5) is 0 Å². The minimum absolute atomic E-state index is 0.0107. The zero-order valence-electron chi connectivity index (χ0n) is 11.6. The van der Waals surface area contributed by atoms with Crippen LogP contribution in [0, 0.1) is 4.91 Å². The van der Waals surface area contributed by atoms with Gasteiger partial charge in [0, 0.05) is 31.9 Å². The molecule has 0 bridgehead atoms. The SMILES string of the molecule is O=NC=C1C=CN(CCC(=O)NCc2ccccc2)C=C1. The van der Waals surface area contributed by atoms with E-state index in [-0.39, 0.29) is 5.91 Å². The summed E-state index contributed by atoms with van der Waals surface area (Å²) in [7, 11) is 0. The summed E-state index contributed by atoms with van der Waals surface area (Å²) in [6.45, 7) is 1.14. The molecular formula is C16H17N3O2. The number of hydrogen-bond donors (Lipinski definition) is 1. The van der Waals surface area contributed by atoms with Crippen LogP contribution in [0.15, 0.2) is 71.8 Å². The van der Waals surface area contributed by atoms with Crippen molar-refractivity contribution < 1.29 is 4.79 Å². The lowest BCUT2D eigenvalue weighted by Crippen LogP contribution is -2.26. The molecule has 1 heterocycles. The average molecular weight is 283 g/mol. The van der Waals surface area contributed by atoms with Gasteiger partial charge in [-0.2, -0.15) is 0 Å². The number of rotatable bonds is 6. The van der Waals surface area contributed by atoms with Crippen LogP contribution in [0.1, 0.15) is 12.0 Å². The van der Waals surface area contributed by atoms with E-state index in [1.54, 1.807) is 12.2 Å². The summed E-state index contributed by atoms with van der Waals surface area (Å²) in [5.74, 6) is 0.0107. The molecule has 1 aliphatic heterocycles. The largest absolute Gasteiger partial charge is 0.354 e. The van der Waals surface area contributed by atoms with Crippen LogP contribution < -0.4 is 5.32 Å². The van der Waals surface area contributed by atoms with E-state index in [4.69, 9.17) is 0 Å². The van der Waals surface area contributed by atoms with Gasteiger partial charge in [-0.05, 0) is 28.5 Å². The Morgan fingerprint density at radius 3 is 2.57 bits per heavy atom. The Hall–Kier alpha value is -2.69. The van der Waals surface area contributed by atoms with E-state index in [1.165, 1.54) is 6.20 Å². The number of amides is 1. The number of benzene rings is 1. The molecule has 0 saturated heterocycles. The van der Waals surface area contributed by atoms with Crippen molar-refractivity contribution in [2.45, 2.75) is 13.0 Å². The molecule has 1 aromatic rings. The van der Waals surface area contributed by atoms with Gasteiger partial charge in [-0.15, -0.1) is 4.91 Å². The fourth-order valence-electron chi connectivity index (χ4n) is 1.88. The van der Waals surface area contributed by atoms with Crippen molar-refractivity contribution in [2.24, 2.45) is 5.18 Å². The molecule has 1 amide bonds. The van der Waals surface area contributed by atoms with Gasteiger partial charge in [-0.3, -0.25) is 4.79 Å². The number of carbonyl (C=O) groups excluding carboxylic acids is 1. The normalized spacial score (nSPS) is 13.1. The maximum atomic E-state index is 11.8. The highest BCUT2D eigenvalue weighted by atomic mass is 16.2. The minimum atomic E-state index is 0.0107. The second-order valence-corrected chi connectivity index (χ2v) is 4.62. The van der Waals surface area contributed by atoms with Crippen LogP contribution in [-0.4, -0.2) is 17.4 Å². The highest BCUT2D eigenvalue weighted by Crippen LogP contribution is 2.09. The molecule has 2 rings (SSSR count). The van der Waals surface area contributed by atoms with Crippen molar-refractivity contribution in [2.75, 3.05) is 6.54 Å². The van der Waals surface area contributed by atoms with Gasteiger partial charge in [-0.1, -0.05) is 30.3 Å². The summed E-state index contributed by atoms with van der Waals surface area (Å²) in [4.78, 5) is 23.8. The lowest BCUT2D eigenvalue weighted by molar-refractivity contribution is -0.121. The Morgan fingerprint density at radius 1 is 1.19 bits per heavy atom. The second-order valence-electron chi connectivity index (χ2n) is 4.62. The molecule has 0 fully saturated rings. The fraction of sp³-hybridized carbons (Fsp3) is 0.188. The maximum absolute atomic E-state index is 11.8. The highest BCUT2D eigenvalue weighted by molar-refractivity contribution is 5.76. The molecule has 21 heavy (non-hydrogen) atoms. The third-order valence-electron chi connectivity index (χ3n) is 3.05. The Labute approximate surface area is 123 Å². The molecule has 0 saturated carbocycles. The summed E-state index contributed by atoms with van der Waals surface area (Å²) in [5, 5.41) is 5.60. The topological polar surface area (TPSA) is 61.8 Å². The van der Waals surface area contributed by atoms with Crippen LogP contribution in [0.5, 0.6) is 0 Å². The Morgan fingerprint density at radius 2 is 1.90 bits per heavy atom. The standard InChI is InChI=1S/C16H17N3O2/c20-16(17-12-14-4-2-1-3-5-14)8-11-19-9-6-15(7-10-19)13-18-21/h1-7,9-10,13H,8,11-12H2,(H,17,20). The van der Waals surface area contributed by atoms with Crippen LogP contribution in [-0.2, 0) is 11.3 Å². The van der Waals surface area contributed by atoms with Crippen molar-refractivity contribution in [1.29, 1.82) is 0 Å². The van der Waals surface area contributed by atoms with Gasteiger partial charge in [0.15, 0.2) is 0 Å². The minimum Gasteiger partial charge on any atom is -0.354 e. The van der Waals surface area contributed by atoms with Crippen molar-refractivity contribution >= 4 is 5.91 Å². The lowest BCUT2D eigenvalue weighted by atomic mass is 10.2. The Kier molecular flexibility index (Phi) is 5.46. The lowest BCUT2D eigenvalue weighted by Gasteiger charge is -2.18. The number of nitrogens with zero attached hydrogens (tertiary/aromatic N) is 2. The molecule has 108 valence electrons. The van der Waals surface area contributed by atoms with Gasteiger partial charge in [0.1, 0.15) is 0 Å². The molecule has 0 spiro atoms. The molecule has 0 unspecified atom stereocenters. The van der Waals surface area contributed by atoms with E-state index in [2.05, 4.69) is 10.5 Å². The number of carbonyl (C=O) groups is 1. The number of allylic oxidation sites excluding steroid dienone is 3. The first-order valence-corrected chi connectivity index (χ1v) is 6.73. The highest BCUT2D eigenvalue weighted by Gasteiger charge is 2.05. The third-order valence-corrected chi connectivity index (χ3v) is 3.05. The predicted octanol–water partition coefficient (Wildman–Crippen LogP) is 2.69. The van der Waals surface area contributed by atoms with Crippen molar-refractivity contribution in [3.05, 3.63) is 77.1 Å². The molecule has 1 N–H and O–H groups in total. The molecular weight excluding hydrogens is 266 g/mol. The van der Waals surface area contributed by atoms with E-state index in [1.807, 2.05) is 47.6 Å². The quantitative estimate of drug-likeness (QED) is 0.816. The fourth-order valence-corrected chi connectivity index (χ4v) is 1.88. The summed E-state index contributed by atoms with van der Waals surface area (Å²) in [6, 6.07) is 9.80. The predicted molar refractivity (Wildman–Crippen MR) is 81.8 cm³/mol. The second kappa shape index (κ2) is 7.79. The van der Waals surface area contributed by atoms with Crippen LogP contribution in [0.2, 0.25) is 0 Å². The summed E-state index contributed by atoms with van der Waals surface area (Å²) >= 11 is 0. The molecule has 0 atom stereocenters. The Balaban J connectivity index is 1.70. The van der Waals surface area contributed by atoms with Crippen LogP contribution >= 0.6 is 0 Å². The van der Waals surface area contributed by atoms with Crippen molar-refractivity contribution in [3.8, 4) is 0 Å². The summed E-state index contributed by atoms with van der Waals surface area (Å²) < 4.78 is 0. The number of nitroso groups, excluding NO2 is 1. The van der Waals surface area contributed by atoms with Gasteiger partial charge >= 0.3 is 0 Å². The smallest absolute Gasteiger partial charge is 0.222 e. The molecule has 0 radical (unpaired) electrons. The van der Waals surface area contributed by atoms with Crippen LogP contribution in [0.25, 0.3) is 0 Å². The first kappa shape index (κ1) is 14.7. The molecule has 1 aromatic carbocycles. The maximum Gasteiger partial charge on any atom is 0.222 e. The van der Waals surface area contributed by atoms with Gasteiger partial charge in [-0.25, -0.2) is 0 Å². The average Bonchev–Trinajstić information content (AvgIpc) is 2.53. The number of nitrogens with one attached hydrogen (secondary N) is 1. The van der Waals surface area contributed by atoms with Gasteiger partial charge in [0.05, 0.1) is 6.20 Å². The first-order chi connectivity index (χ1) is 10.3. The third kappa shape index (κ3) is 5.06.